The quantitative estimate of drug-likeness (QED) is 0.840. The van der Waals surface area contributed by atoms with Gasteiger partial charge < -0.3 is 10.4 Å². The predicted octanol–water partition coefficient (Wildman–Crippen LogP) is 4.03. The molecule has 0 bridgehead atoms. The smallest absolute Gasteiger partial charge is 0.228 e. The third kappa shape index (κ3) is 4.54. The summed E-state index contributed by atoms with van der Waals surface area (Å²) in [5.41, 5.74) is 2.39. The normalized spacial score (nSPS) is 12.2. The standard InChI is InChI=1S/C19H25N3O2/c1-5-13(4)19(24)22-18-16(10-12(2)3)21-17(11-20-18)14-6-8-15(23)9-7-14/h6-9,11-13,23H,5,10H2,1-4H3,(H,20,22,24). The molecule has 0 fully saturated rings. The van der Waals surface area contributed by atoms with Crippen molar-refractivity contribution in [3.05, 3.63) is 36.2 Å². The van der Waals surface area contributed by atoms with E-state index < -0.39 is 0 Å². The number of aromatic hydroxyl groups is 1. The fourth-order valence-electron chi connectivity index (χ4n) is 2.26. The number of rotatable bonds is 6. The summed E-state index contributed by atoms with van der Waals surface area (Å²) in [6, 6.07) is 6.85. The molecule has 1 aromatic heterocycles. The number of aromatic nitrogens is 2. The Morgan fingerprint density at radius 2 is 1.88 bits per heavy atom. The van der Waals surface area contributed by atoms with Gasteiger partial charge in [0, 0.05) is 11.5 Å². The molecule has 24 heavy (non-hydrogen) atoms. The van der Waals surface area contributed by atoms with Gasteiger partial charge in [0.05, 0.1) is 17.6 Å². The van der Waals surface area contributed by atoms with Crippen LogP contribution in [0.25, 0.3) is 11.3 Å². The molecule has 1 aromatic carbocycles. The Morgan fingerprint density at radius 1 is 1.21 bits per heavy atom. The second kappa shape index (κ2) is 7.90. The van der Waals surface area contributed by atoms with E-state index in [1.165, 1.54) is 0 Å². The van der Waals surface area contributed by atoms with Crippen molar-refractivity contribution in [2.75, 3.05) is 5.32 Å². The van der Waals surface area contributed by atoms with Crippen molar-refractivity contribution in [1.29, 1.82) is 0 Å². The Bertz CT molecular complexity index is 696. The van der Waals surface area contributed by atoms with Gasteiger partial charge in [0.2, 0.25) is 5.91 Å². The van der Waals surface area contributed by atoms with E-state index in [0.717, 1.165) is 29.8 Å². The monoisotopic (exact) mass is 327 g/mol. The van der Waals surface area contributed by atoms with E-state index >= 15 is 0 Å². The largest absolute Gasteiger partial charge is 0.508 e. The van der Waals surface area contributed by atoms with E-state index in [-0.39, 0.29) is 17.6 Å². The molecule has 5 nitrogen and oxygen atoms in total. The number of nitrogens with one attached hydrogen (secondary N) is 1. The van der Waals surface area contributed by atoms with Crippen LogP contribution < -0.4 is 5.32 Å². The average Bonchev–Trinajstić information content (AvgIpc) is 2.55. The number of carbonyl (C=O) groups excluding carboxylic acids is 1. The van der Waals surface area contributed by atoms with Crippen LogP contribution >= 0.6 is 0 Å². The number of hydrogen-bond acceptors (Lipinski definition) is 4. The summed E-state index contributed by atoms with van der Waals surface area (Å²) >= 11 is 0. The highest BCUT2D eigenvalue weighted by molar-refractivity contribution is 5.91. The van der Waals surface area contributed by atoms with E-state index in [9.17, 15) is 9.90 Å². The van der Waals surface area contributed by atoms with Gasteiger partial charge in [-0.05, 0) is 43.0 Å². The lowest BCUT2D eigenvalue weighted by atomic mass is 10.1. The number of hydrogen-bond donors (Lipinski definition) is 2. The molecule has 0 aliphatic carbocycles. The first kappa shape index (κ1) is 17.9. The molecule has 2 rings (SSSR count). The van der Waals surface area contributed by atoms with Crippen LogP contribution in [0.3, 0.4) is 0 Å². The average molecular weight is 327 g/mol. The zero-order valence-electron chi connectivity index (χ0n) is 14.7. The van der Waals surface area contributed by atoms with Crippen LogP contribution in [-0.2, 0) is 11.2 Å². The number of amides is 1. The number of anilines is 1. The Balaban J connectivity index is 2.34. The van der Waals surface area contributed by atoms with Crippen molar-refractivity contribution in [3.8, 4) is 17.0 Å². The van der Waals surface area contributed by atoms with Crippen molar-refractivity contribution in [2.24, 2.45) is 11.8 Å². The van der Waals surface area contributed by atoms with Crippen molar-refractivity contribution in [1.82, 2.24) is 9.97 Å². The van der Waals surface area contributed by atoms with Crippen LogP contribution in [0, 0.1) is 11.8 Å². The SMILES string of the molecule is CCC(C)C(=O)Nc1ncc(-c2ccc(O)cc2)nc1CC(C)C. The van der Waals surface area contributed by atoms with Gasteiger partial charge in [-0.2, -0.15) is 0 Å². The molecular formula is C19H25N3O2. The molecule has 2 aromatic rings. The zero-order valence-corrected chi connectivity index (χ0v) is 14.7. The fourth-order valence-corrected chi connectivity index (χ4v) is 2.26. The summed E-state index contributed by atoms with van der Waals surface area (Å²) in [5, 5.41) is 12.3. The Kier molecular flexibility index (Phi) is 5.90. The minimum atomic E-state index is -0.0597. The van der Waals surface area contributed by atoms with Gasteiger partial charge in [0.15, 0.2) is 5.82 Å². The summed E-state index contributed by atoms with van der Waals surface area (Å²) in [6.07, 6.45) is 3.17. The molecule has 0 radical (unpaired) electrons. The first-order valence-corrected chi connectivity index (χ1v) is 8.36. The third-order valence-corrected chi connectivity index (χ3v) is 3.91. The van der Waals surface area contributed by atoms with Crippen LogP contribution in [0.1, 0.15) is 39.8 Å². The second-order valence-corrected chi connectivity index (χ2v) is 6.49. The molecule has 5 heteroatoms. The summed E-state index contributed by atoms with van der Waals surface area (Å²) in [7, 11) is 0. The fraction of sp³-hybridized carbons (Fsp3) is 0.421. The van der Waals surface area contributed by atoms with Gasteiger partial charge in [-0.15, -0.1) is 0 Å². The molecule has 0 saturated carbocycles. The molecule has 1 amide bonds. The Morgan fingerprint density at radius 3 is 2.46 bits per heavy atom. The van der Waals surface area contributed by atoms with E-state index in [1.54, 1.807) is 30.5 Å². The molecule has 0 spiro atoms. The molecule has 1 atom stereocenters. The molecule has 1 unspecified atom stereocenters. The molecule has 128 valence electrons. The maximum Gasteiger partial charge on any atom is 0.228 e. The van der Waals surface area contributed by atoms with Crippen LogP contribution in [-0.4, -0.2) is 21.0 Å². The summed E-state index contributed by atoms with van der Waals surface area (Å²) in [4.78, 5) is 21.3. The van der Waals surface area contributed by atoms with Crippen molar-refractivity contribution >= 4 is 11.7 Å². The van der Waals surface area contributed by atoms with Gasteiger partial charge in [-0.25, -0.2) is 9.97 Å². The van der Waals surface area contributed by atoms with Crippen LogP contribution in [0.4, 0.5) is 5.82 Å². The number of nitrogens with zero attached hydrogens (tertiary/aromatic N) is 2. The van der Waals surface area contributed by atoms with Crippen LogP contribution in [0.2, 0.25) is 0 Å². The van der Waals surface area contributed by atoms with Crippen LogP contribution in [0.15, 0.2) is 30.5 Å². The van der Waals surface area contributed by atoms with Gasteiger partial charge in [-0.1, -0.05) is 27.7 Å². The molecule has 2 N–H and O–H groups in total. The Labute approximate surface area is 143 Å². The molecular weight excluding hydrogens is 302 g/mol. The maximum absolute atomic E-state index is 12.2. The first-order chi connectivity index (χ1) is 11.4. The first-order valence-electron chi connectivity index (χ1n) is 8.36. The van der Waals surface area contributed by atoms with Gasteiger partial charge in [0.25, 0.3) is 0 Å². The number of phenolic OH excluding ortho intramolecular Hbond substituents is 1. The van der Waals surface area contributed by atoms with Crippen molar-refractivity contribution in [2.45, 2.75) is 40.5 Å². The number of phenols is 1. The van der Waals surface area contributed by atoms with E-state index in [0.29, 0.717) is 11.7 Å². The third-order valence-electron chi connectivity index (χ3n) is 3.91. The highest BCUT2D eigenvalue weighted by atomic mass is 16.3. The van der Waals surface area contributed by atoms with Gasteiger partial charge >= 0.3 is 0 Å². The zero-order chi connectivity index (χ0) is 17.7. The molecule has 1 heterocycles. The second-order valence-electron chi connectivity index (χ2n) is 6.49. The highest BCUT2D eigenvalue weighted by Gasteiger charge is 2.16. The van der Waals surface area contributed by atoms with Gasteiger partial charge in [-0.3, -0.25) is 4.79 Å². The number of carbonyl (C=O) groups is 1. The van der Waals surface area contributed by atoms with Crippen LogP contribution in [0.5, 0.6) is 5.75 Å². The van der Waals surface area contributed by atoms with Gasteiger partial charge in [0.1, 0.15) is 5.75 Å². The van der Waals surface area contributed by atoms with E-state index in [2.05, 4.69) is 24.1 Å². The van der Waals surface area contributed by atoms with Crippen molar-refractivity contribution < 1.29 is 9.90 Å². The molecule has 0 aliphatic heterocycles. The lowest BCUT2D eigenvalue weighted by Gasteiger charge is -2.14. The maximum atomic E-state index is 12.2. The summed E-state index contributed by atoms with van der Waals surface area (Å²) in [5.74, 6) is 1.06. The Hall–Kier alpha value is -2.43. The summed E-state index contributed by atoms with van der Waals surface area (Å²) in [6.45, 7) is 8.10. The molecule has 0 saturated heterocycles. The summed E-state index contributed by atoms with van der Waals surface area (Å²) < 4.78 is 0. The van der Waals surface area contributed by atoms with Crippen molar-refractivity contribution in [3.63, 3.8) is 0 Å². The molecule has 0 aliphatic rings. The minimum absolute atomic E-state index is 0.0332. The highest BCUT2D eigenvalue weighted by Crippen LogP contribution is 2.23. The minimum Gasteiger partial charge on any atom is -0.508 e. The lowest BCUT2D eigenvalue weighted by molar-refractivity contribution is -0.119. The topological polar surface area (TPSA) is 75.1 Å². The number of benzene rings is 1. The van der Waals surface area contributed by atoms with E-state index in [4.69, 9.17) is 4.98 Å². The lowest BCUT2D eigenvalue weighted by Crippen LogP contribution is -2.22. The predicted molar refractivity (Wildman–Crippen MR) is 95.8 cm³/mol. The van der Waals surface area contributed by atoms with E-state index in [1.807, 2.05) is 13.8 Å².